The number of ether oxygens (including phenoxy) is 3. The first-order valence-corrected chi connectivity index (χ1v) is 14.1. The zero-order chi connectivity index (χ0) is 29.6. The second kappa shape index (κ2) is 13.4. The lowest BCUT2D eigenvalue weighted by Gasteiger charge is -2.32. The molecule has 3 amide bonds. The molecule has 1 fully saturated rings. The van der Waals surface area contributed by atoms with E-state index in [9.17, 15) is 9.59 Å². The van der Waals surface area contributed by atoms with Gasteiger partial charge >= 0.3 is 6.03 Å². The molecule has 2 aliphatic heterocycles. The van der Waals surface area contributed by atoms with Crippen LogP contribution in [0.1, 0.15) is 49.9 Å². The van der Waals surface area contributed by atoms with Crippen molar-refractivity contribution in [2.45, 2.75) is 45.7 Å². The normalized spacial score (nSPS) is 17.7. The van der Waals surface area contributed by atoms with Crippen molar-refractivity contribution in [2.24, 2.45) is 5.10 Å². The van der Waals surface area contributed by atoms with Crippen LogP contribution < -0.4 is 14.8 Å². The van der Waals surface area contributed by atoms with E-state index in [1.807, 2.05) is 70.2 Å². The number of nitrogens with zero attached hydrogens (tertiary/aromatic N) is 4. The average molecular weight is 566 g/mol. The molecule has 41 heavy (non-hydrogen) atoms. The highest BCUT2D eigenvalue weighted by atomic mass is 16.5. The fraction of sp³-hybridized carbons (Fsp3) is 0.516. The van der Waals surface area contributed by atoms with Gasteiger partial charge in [-0.2, -0.15) is 5.10 Å². The molecule has 1 saturated heterocycles. The smallest absolute Gasteiger partial charge is 0.318 e. The van der Waals surface area contributed by atoms with E-state index in [4.69, 9.17) is 19.3 Å². The summed E-state index contributed by atoms with van der Waals surface area (Å²) in [6.45, 7) is 11.8. The van der Waals surface area contributed by atoms with Gasteiger partial charge in [0, 0.05) is 49.8 Å². The lowest BCUT2D eigenvalue weighted by molar-refractivity contribution is -0.133. The number of hydrogen-bond donors (Lipinski definition) is 1. The molecule has 222 valence electrons. The lowest BCUT2D eigenvalue weighted by atomic mass is 9.97. The van der Waals surface area contributed by atoms with Crippen molar-refractivity contribution >= 4 is 17.6 Å². The molecule has 1 atom stereocenters. The van der Waals surface area contributed by atoms with E-state index in [2.05, 4.69) is 10.2 Å². The molecule has 0 bridgehead atoms. The minimum absolute atomic E-state index is 0.0921. The number of rotatable bonds is 9. The largest absolute Gasteiger partial charge is 0.497 e. The summed E-state index contributed by atoms with van der Waals surface area (Å²) < 4.78 is 16.5. The number of carbonyl (C=O) groups is 2. The van der Waals surface area contributed by atoms with Crippen molar-refractivity contribution in [1.82, 2.24) is 20.1 Å². The summed E-state index contributed by atoms with van der Waals surface area (Å²) >= 11 is 0. The Kier molecular flexibility index (Phi) is 9.88. The molecular formula is C31H43N5O5. The van der Waals surface area contributed by atoms with Crippen LogP contribution in [0.5, 0.6) is 11.5 Å². The standard InChI is InChI=1S/C31H43N5O5/c1-22-7-9-23(10-8-22)27-20-26(25-12-11-24(39-5)19-28(25)40-6)33-36(27)29(37)21-35(30(38)32-31(2,3)4)14-13-34-15-17-41-18-16-34/h7-12,19,27H,13-18,20-21H2,1-6H3,(H,32,38)/t27-/m0/s1. The van der Waals surface area contributed by atoms with Crippen LogP contribution in [0.3, 0.4) is 0 Å². The number of methoxy groups -OCH3 is 2. The fourth-order valence-corrected chi connectivity index (χ4v) is 4.96. The Morgan fingerprint density at radius 3 is 2.41 bits per heavy atom. The summed E-state index contributed by atoms with van der Waals surface area (Å²) in [6, 6.07) is 13.1. The van der Waals surface area contributed by atoms with Crippen molar-refractivity contribution in [1.29, 1.82) is 0 Å². The summed E-state index contributed by atoms with van der Waals surface area (Å²) in [7, 11) is 3.21. The molecular weight excluding hydrogens is 522 g/mol. The topological polar surface area (TPSA) is 95.9 Å². The predicted molar refractivity (Wildman–Crippen MR) is 159 cm³/mol. The summed E-state index contributed by atoms with van der Waals surface area (Å²) in [5, 5.41) is 9.39. The highest BCUT2D eigenvalue weighted by Gasteiger charge is 2.35. The van der Waals surface area contributed by atoms with Crippen molar-refractivity contribution in [3.63, 3.8) is 0 Å². The van der Waals surface area contributed by atoms with E-state index in [1.165, 1.54) is 5.01 Å². The first-order valence-electron chi connectivity index (χ1n) is 14.1. The van der Waals surface area contributed by atoms with Crippen LogP contribution in [0.15, 0.2) is 47.6 Å². The van der Waals surface area contributed by atoms with Crippen LogP contribution in [-0.4, -0.2) is 98.2 Å². The van der Waals surface area contributed by atoms with Gasteiger partial charge in [-0.05, 0) is 45.4 Å². The number of aryl methyl sites for hydroxylation is 1. The third kappa shape index (κ3) is 7.98. The third-order valence-corrected chi connectivity index (χ3v) is 7.23. The predicted octanol–water partition coefficient (Wildman–Crippen LogP) is 3.83. The molecule has 10 nitrogen and oxygen atoms in total. The van der Waals surface area contributed by atoms with E-state index >= 15 is 0 Å². The van der Waals surface area contributed by atoms with E-state index < -0.39 is 5.54 Å². The van der Waals surface area contributed by atoms with Gasteiger partial charge in [0.25, 0.3) is 5.91 Å². The van der Waals surface area contributed by atoms with Crippen LogP contribution in [0, 0.1) is 6.92 Å². The van der Waals surface area contributed by atoms with Gasteiger partial charge in [-0.25, -0.2) is 9.80 Å². The fourth-order valence-electron chi connectivity index (χ4n) is 4.96. The number of benzene rings is 2. The summed E-state index contributed by atoms with van der Waals surface area (Å²) in [4.78, 5) is 31.2. The Morgan fingerprint density at radius 2 is 1.78 bits per heavy atom. The van der Waals surface area contributed by atoms with Gasteiger partial charge in [0.1, 0.15) is 18.0 Å². The molecule has 0 unspecified atom stereocenters. The van der Waals surface area contributed by atoms with Crippen LogP contribution in [-0.2, 0) is 9.53 Å². The van der Waals surface area contributed by atoms with E-state index in [-0.39, 0.29) is 24.5 Å². The van der Waals surface area contributed by atoms with Gasteiger partial charge in [-0.3, -0.25) is 9.69 Å². The Labute approximate surface area is 243 Å². The number of amides is 3. The minimum Gasteiger partial charge on any atom is -0.497 e. The first kappa shape index (κ1) is 30.3. The second-order valence-electron chi connectivity index (χ2n) is 11.5. The number of morpholine rings is 1. The number of hydrogen-bond acceptors (Lipinski definition) is 7. The van der Waals surface area contributed by atoms with Crippen molar-refractivity contribution in [2.75, 3.05) is 60.2 Å². The van der Waals surface area contributed by atoms with Gasteiger partial charge < -0.3 is 24.4 Å². The molecule has 0 aromatic heterocycles. The number of carbonyl (C=O) groups excluding carboxylic acids is 2. The average Bonchev–Trinajstić information content (AvgIpc) is 3.40. The van der Waals surface area contributed by atoms with Crippen molar-refractivity contribution in [3.05, 3.63) is 59.2 Å². The molecule has 0 radical (unpaired) electrons. The van der Waals surface area contributed by atoms with E-state index in [0.29, 0.717) is 44.2 Å². The summed E-state index contributed by atoms with van der Waals surface area (Å²) in [5.74, 6) is 1.05. The first-order chi connectivity index (χ1) is 19.6. The Balaban J connectivity index is 1.61. The molecule has 0 aliphatic carbocycles. The summed E-state index contributed by atoms with van der Waals surface area (Å²) in [6.07, 6.45) is 0.513. The van der Waals surface area contributed by atoms with Crippen LogP contribution in [0.2, 0.25) is 0 Å². The number of urea groups is 1. The second-order valence-corrected chi connectivity index (χ2v) is 11.5. The summed E-state index contributed by atoms with van der Waals surface area (Å²) in [5.41, 5.74) is 3.22. The Morgan fingerprint density at radius 1 is 1.07 bits per heavy atom. The van der Waals surface area contributed by atoms with E-state index in [0.717, 1.165) is 35.5 Å². The highest BCUT2D eigenvalue weighted by Crippen LogP contribution is 2.36. The van der Waals surface area contributed by atoms with Crippen LogP contribution in [0.4, 0.5) is 4.79 Å². The number of hydrazone groups is 1. The molecule has 2 aromatic rings. The van der Waals surface area contributed by atoms with Gasteiger partial charge in [0.05, 0.1) is 39.2 Å². The van der Waals surface area contributed by atoms with Crippen molar-refractivity contribution < 1.29 is 23.8 Å². The molecule has 1 N–H and O–H groups in total. The zero-order valence-electron chi connectivity index (χ0n) is 25.1. The monoisotopic (exact) mass is 565 g/mol. The molecule has 0 saturated carbocycles. The molecule has 10 heteroatoms. The molecule has 2 heterocycles. The third-order valence-electron chi connectivity index (χ3n) is 7.23. The quantitative estimate of drug-likeness (QED) is 0.497. The molecule has 4 rings (SSSR count). The van der Waals surface area contributed by atoms with Gasteiger partial charge in [-0.15, -0.1) is 0 Å². The Bertz CT molecular complexity index is 1230. The van der Waals surface area contributed by atoms with Gasteiger partial charge in [0.2, 0.25) is 0 Å². The maximum atomic E-state index is 14.0. The van der Waals surface area contributed by atoms with Gasteiger partial charge in [0.15, 0.2) is 0 Å². The molecule has 0 spiro atoms. The molecule has 2 aliphatic rings. The van der Waals surface area contributed by atoms with E-state index in [1.54, 1.807) is 19.1 Å². The maximum absolute atomic E-state index is 14.0. The minimum atomic E-state index is -0.439. The lowest BCUT2D eigenvalue weighted by Crippen LogP contribution is -2.53. The highest BCUT2D eigenvalue weighted by molar-refractivity contribution is 6.05. The zero-order valence-corrected chi connectivity index (χ0v) is 25.1. The SMILES string of the molecule is COc1ccc(C2=NN(C(=O)CN(CCN3CCOCC3)C(=O)NC(C)(C)C)[C@H](c3ccc(C)cc3)C2)c(OC)c1. The Hall–Kier alpha value is -3.63. The number of nitrogens with one attached hydrogen (secondary N) is 1. The maximum Gasteiger partial charge on any atom is 0.318 e. The van der Waals surface area contributed by atoms with Crippen molar-refractivity contribution in [3.8, 4) is 11.5 Å². The van der Waals surface area contributed by atoms with Crippen LogP contribution >= 0.6 is 0 Å². The molecule has 2 aromatic carbocycles. The van der Waals surface area contributed by atoms with Crippen LogP contribution in [0.25, 0.3) is 0 Å². The van der Waals surface area contributed by atoms with Gasteiger partial charge in [-0.1, -0.05) is 29.8 Å².